The molecule has 1 unspecified atom stereocenters. The summed E-state index contributed by atoms with van der Waals surface area (Å²) in [6.07, 6.45) is 0.295. The Hall–Kier alpha value is -1.56. The molecule has 0 heterocycles. The van der Waals surface area contributed by atoms with E-state index in [1.165, 1.54) is 6.92 Å². The molecule has 0 spiro atoms. The van der Waals surface area contributed by atoms with E-state index in [1.54, 1.807) is 25.1 Å². The number of aliphatic carboxylic acids is 1. The lowest BCUT2D eigenvalue weighted by molar-refractivity contribution is -0.147. The third-order valence-electron chi connectivity index (χ3n) is 2.79. The van der Waals surface area contributed by atoms with Crippen LogP contribution in [0.25, 0.3) is 0 Å². The number of benzene rings is 1. The number of nitrogens with one attached hydrogen (secondary N) is 1. The topological polar surface area (TPSA) is 75.6 Å². The van der Waals surface area contributed by atoms with Crippen molar-refractivity contribution in [2.24, 2.45) is 0 Å². The van der Waals surface area contributed by atoms with Crippen LogP contribution < -0.4 is 10.1 Å². The van der Waals surface area contributed by atoms with E-state index in [-0.39, 0.29) is 6.61 Å². The van der Waals surface area contributed by atoms with Crippen molar-refractivity contribution in [3.63, 3.8) is 0 Å². The van der Waals surface area contributed by atoms with Crippen LogP contribution in [0, 0.1) is 0 Å². The number of hydrogen-bond acceptors (Lipinski definition) is 3. The van der Waals surface area contributed by atoms with Crippen molar-refractivity contribution in [2.75, 3.05) is 6.61 Å². The molecule has 0 saturated heterocycles. The molecule has 19 heavy (non-hydrogen) atoms. The first-order valence-corrected chi connectivity index (χ1v) is 6.60. The molecule has 0 aliphatic rings. The molecule has 1 aromatic carbocycles. The van der Waals surface area contributed by atoms with Crippen LogP contribution >= 0.6 is 15.9 Å². The zero-order valence-electron chi connectivity index (χ0n) is 10.8. The Bertz CT molecular complexity index is 477. The van der Waals surface area contributed by atoms with Gasteiger partial charge in [0.1, 0.15) is 11.3 Å². The smallest absolute Gasteiger partial charge is 0.329 e. The van der Waals surface area contributed by atoms with Crippen LogP contribution in [0.2, 0.25) is 0 Å². The Morgan fingerprint density at radius 3 is 2.58 bits per heavy atom. The maximum absolute atomic E-state index is 11.7. The SMILES string of the molecule is CCC(C)(NC(=O)COc1ccccc1Br)C(=O)O. The molecular formula is C13H16BrNO4. The average Bonchev–Trinajstić information content (AvgIpc) is 2.37. The second-order valence-electron chi connectivity index (χ2n) is 4.26. The van der Waals surface area contributed by atoms with Crippen LogP contribution in [0.1, 0.15) is 20.3 Å². The highest BCUT2D eigenvalue weighted by Crippen LogP contribution is 2.23. The highest BCUT2D eigenvalue weighted by atomic mass is 79.9. The fraction of sp³-hybridized carbons (Fsp3) is 0.385. The molecule has 1 amide bonds. The number of halogens is 1. The van der Waals surface area contributed by atoms with Gasteiger partial charge in [-0.1, -0.05) is 19.1 Å². The van der Waals surface area contributed by atoms with Crippen LogP contribution in [0.3, 0.4) is 0 Å². The summed E-state index contributed by atoms with van der Waals surface area (Å²) in [5.41, 5.74) is -1.27. The molecule has 104 valence electrons. The van der Waals surface area contributed by atoms with Gasteiger partial charge in [-0.3, -0.25) is 4.79 Å². The Labute approximate surface area is 120 Å². The van der Waals surface area contributed by atoms with Crippen LogP contribution in [0.15, 0.2) is 28.7 Å². The Morgan fingerprint density at radius 1 is 1.42 bits per heavy atom. The lowest BCUT2D eigenvalue weighted by Gasteiger charge is -2.24. The molecule has 2 N–H and O–H groups in total. The molecule has 0 bridgehead atoms. The van der Waals surface area contributed by atoms with E-state index >= 15 is 0 Å². The number of amides is 1. The second-order valence-corrected chi connectivity index (χ2v) is 5.11. The lowest BCUT2D eigenvalue weighted by atomic mass is 9.99. The highest BCUT2D eigenvalue weighted by Gasteiger charge is 2.32. The van der Waals surface area contributed by atoms with E-state index in [4.69, 9.17) is 9.84 Å². The maximum Gasteiger partial charge on any atom is 0.329 e. The van der Waals surface area contributed by atoms with Crippen molar-refractivity contribution in [1.82, 2.24) is 5.32 Å². The van der Waals surface area contributed by atoms with Gasteiger partial charge in [-0.25, -0.2) is 4.79 Å². The van der Waals surface area contributed by atoms with E-state index < -0.39 is 17.4 Å². The third-order valence-corrected chi connectivity index (χ3v) is 3.44. The zero-order valence-corrected chi connectivity index (χ0v) is 12.4. The minimum Gasteiger partial charge on any atom is -0.483 e. The predicted octanol–water partition coefficient (Wildman–Crippen LogP) is 2.20. The molecule has 0 saturated carbocycles. The summed E-state index contributed by atoms with van der Waals surface area (Å²) in [5, 5.41) is 11.5. The van der Waals surface area contributed by atoms with Crippen molar-refractivity contribution in [3.05, 3.63) is 28.7 Å². The summed E-state index contributed by atoms with van der Waals surface area (Å²) in [6.45, 7) is 2.93. The summed E-state index contributed by atoms with van der Waals surface area (Å²) in [5.74, 6) is -1.00. The first-order chi connectivity index (χ1) is 8.89. The largest absolute Gasteiger partial charge is 0.483 e. The second kappa shape index (κ2) is 6.56. The number of carbonyl (C=O) groups excluding carboxylic acids is 1. The van der Waals surface area contributed by atoms with Crippen molar-refractivity contribution < 1.29 is 19.4 Å². The number of carboxylic acids is 1. The van der Waals surface area contributed by atoms with Crippen molar-refractivity contribution in [1.29, 1.82) is 0 Å². The fourth-order valence-corrected chi connectivity index (χ4v) is 1.74. The van der Waals surface area contributed by atoms with E-state index in [0.29, 0.717) is 12.2 Å². The molecule has 0 aliphatic carbocycles. The predicted molar refractivity (Wildman–Crippen MR) is 74.1 cm³/mol. The van der Waals surface area contributed by atoms with Gasteiger partial charge >= 0.3 is 5.97 Å². The third kappa shape index (κ3) is 4.24. The summed E-state index contributed by atoms with van der Waals surface area (Å²) < 4.78 is 6.05. The van der Waals surface area contributed by atoms with Gasteiger partial charge in [0, 0.05) is 0 Å². The van der Waals surface area contributed by atoms with Gasteiger partial charge in [0.25, 0.3) is 5.91 Å². The summed E-state index contributed by atoms with van der Waals surface area (Å²) in [7, 11) is 0. The molecule has 0 fully saturated rings. The standard InChI is InChI=1S/C13H16BrNO4/c1-3-13(2,12(17)18)15-11(16)8-19-10-7-5-4-6-9(10)14/h4-7H,3,8H2,1-2H3,(H,15,16)(H,17,18). The van der Waals surface area contributed by atoms with E-state index in [1.807, 2.05) is 6.07 Å². The molecule has 6 heteroatoms. The van der Waals surface area contributed by atoms with Gasteiger partial charge < -0.3 is 15.2 Å². The average molecular weight is 330 g/mol. The highest BCUT2D eigenvalue weighted by molar-refractivity contribution is 9.10. The molecule has 1 aromatic rings. The van der Waals surface area contributed by atoms with Gasteiger partial charge in [0.2, 0.25) is 0 Å². The summed E-state index contributed by atoms with van der Waals surface area (Å²) in [4.78, 5) is 22.7. The van der Waals surface area contributed by atoms with Crippen molar-refractivity contribution in [3.8, 4) is 5.75 Å². The van der Waals surface area contributed by atoms with Crippen LogP contribution in [-0.2, 0) is 9.59 Å². The molecule has 5 nitrogen and oxygen atoms in total. The number of ether oxygens (including phenoxy) is 1. The van der Waals surface area contributed by atoms with Crippen LogP contribution in [0.4, 0.5) is 0 Å². The number of hydrogen-bond donors (Lipinski definition) is 2. The van der Waals surface area contributed by atoms with Gasteiger partial charge in [-0.2, -0.15) is 0 Å². The monoisotopic (exact) mass is 329 g/mol. The van der Waals surface area contributed by atoms with Gasteiger partial charge in [-0.05, 0) is 41.4 Å². The first-order valence-electron chi connectivity index (χ1n) is 5.81. The molecule has 1 atom stereocenters. The van der Waals surface area contributed by atoms with Crippen LogP contribution in [-0.4, -0.2) is 29.1 Å². The zero-order chi connectivity index (χ0) is 14.5. The first kappa shape index (κ1) is 15.5. The number of para-hydroxylation sites is 1. The molecule has 1 rings (SSSR count). The van der Waals surface area contributed by atoms with E-state index in [9.17, 15) is 9.59 Å². The lowest BCUT2D eigenvalue weighted by Crippen LogP contribution is -2.53. The molecule has 0 aromatic heterocycles. The van der Waals surface area contributed by atoms with Crippen LogP contribution in [0.5, 0.6) is 5.75 Å². The maximum atomic E-state index is 11.7. The van der Waals surface area contributed by atoms with Gasteiger partial charge in [0.15, 0.2) is 6.61 Å². The minimum absolute atomic E-state index is 0.231. The quantitative estimate of drug-likeness (QED) is 0.838. The van der Waals surface area contributed by atoms with Crippen molar-refractivity contribution in [2.45, 2.75) is 25.8 Å². The van der Waals surface area contributed by atoms with Gasteiger partial charge in [0.05, 0.1) is 4.47 Å². The summed E-state index contributed by atoms with van der Waals surface area (Å²) in [6, 6.07) is 7.12. The summed E-state index contributed by atoms with van der Waals surface area (Å²) >= 11 is 3.29. The van der Waals surface area contributed by atoms with Crippen molar-refractivity contribution >= 4 is 27.8 Å². The Balaban J connectivity index is 2.57. The normalized spacial score (nSPS) is 13.4. The van der Waals surface area contributed by atoms with Gasteiger partial charge in [-0.15, -0.1) is 0 Å². The molecular weight excluding hydrogens is 314 g/mol. The fourth-order valence-electron chi connectivity index (χ4n) is 1.34. The number of carbonyl (C=O) groups is 2. The molecule has 0 radical (unpaired) electrons. The molecule has 0 aliphatic heterocycles. The Kier molecular flexibility index (Phi) is 5.35. The number of rotatable bonds is 6. The van der Waals surface area contributed by atoms with E-state index in [2.05, 4.69) is 21.2 Å². The minimum atomic E-state index is -1.27. The Morgan fingerprint density at radius 2 is 2.05 bits per heavy atom. The number of carboxylic acid groups (broad SMARTS) is 1. The van der Waals surface area contributed by atoms with E-state index in [0.717, 1.165) is 4.47 Å².